The zero-order chi connectivity index (χ0) is 15.2. The molecule has 0 saturated heterocycles. The predicted molar refractivity (Wildman–Crippen MR) is 83.4 cm³/mol. The van der Waals surface area contributed by atoms with Crippen LogP contribution in [0.15, 0.2) is 34.9 Å². The largest absolute Gasteiger partial charge is 0.340 e. The van der Waals surface area contributed by atoms with Gasteiger partial charge in [-0.2, -0.15) is 0 Å². The first kappa shape index (κ1) is 15.7. The fourth-order valence-electron chi connectivity index (χ4n) is 1.91. The van der Waals surface area contributed by atoms with Crippen LogP contribution in [0.2, 0.25) is 0 Å². The molecule has 1 aromatic heterocycles. The van der Waals surface area contributed by atoms with E-state index in [0.29, 0.717) is 19.5 Å². The van der Waals surface area contributed by atoms with Gasteiger partial charge in [-0.25, -0.2) is 4.68 Å². The Morgan fingerprint density at radius 3 is 2.90 bits per heavy atom. The van der Waals surface area contributed by atoms with Gasteiger partial charge in [0.15, 0.2) is 0 Å². The maximum Gasteiger partial charge on any atom is 0.244 e. The second-order valence-electron chi connectivity index (χ2n) is 4.79. The Balaban J connectivity index is 1.94. The molecular weight excluding hydrogens is 334 g/mol. The molecule has 1 amide bonds. The van der Waals surface area contributed by atoms with E-state index in [2.05, 4.69) is 26.2 Å². The number of carbonyl (C=O) groups excluding carboxylic acids is 1. The topological polar surface area (TPSA) is 77.0 Å². The van der Waals surface area contributed by atoms with Gasteiger partial charge in [-0.3, -0.25) is 4.79 Å². The van der Waals surface area contributed by atoms with Crippen LogP contribution in [0.5, 0.6) is 0 Å². The number of likely N-dealkylation sites (N-methyl/N-ethyl adjacent to an activating group) is 1. The first-order valence-corrected chi connectivity index (χ1v) is 7.46. The summed E-state index contributed by atoms with van der Waals surface area (Å²) in [6.45, 7) is 1.25. The monoisotopic (exact) mass is 351 g/mol. The van der Waals surface area contributed by atoms with Crippen LogP contribution in [0, 0.1) is 0 Å². The Morgan fingerprint density at radius 1 is 1.43 bits per heavy atom. The summed E-state index contributed by atoms with van der Waals surface area (Å²) in [6, 6.07) is 7.85. The molecule has 112 valence electrons. The molecule has 0 spiro atoms. The molecule has 1 heterocycles. The van der Waals surface area contributed by atoms with E-state index in [1.807, 2.05) is 24.3 Å². The van der Waals surface area contributed by atoms with Gasteiger partial charge in [-0.1, -0.05) is 39.3 Å². The lowest BCUT2D eigenvalue weighted by molar-refractivity contribution is -0.131. The average Bonchev–Trinajstić information content (AvgIpc) is 2.89. The van der Waals surface area contributed by atoms with E-state index in [9.17, 15) is 4.79 Å². The molecule has 1 aromatic carbocycles. The van der Waals surface area contributed by atoms with E-state index in [1.54, 1.807) is 22.8 Å². The molecule has 0 aliphatic heterocycles. The minimum atomic E-state index is -0.0186. The summed E-state index contributed by atoms with van der Waals surface area (Å²) in [7, 11) is 1.78. The molecule has 0 saturated carbocycles. The molecule has 7 heteroatoms. The summed E-state index contributed by atoms with van der Waals surface area (Å²) < 4.78 is 2.54. The number of nitrogens with zero attached hydrogens (tertiary/aromatic N) is 4. The quantitative estimate of drug-likeness (QED) is 0.848. The second-order valence-corrected chi connectivity index (χ2v) is 5.64. The van der Waals surface area contributed by atoms with Gasteiger partial charge in [0.1, 0.15) is 6.54 Å². The minimum absolute atomic E-state index is 0.0186. The Labute approximate surface area is 132 Å². The zero-order valence-electron chi connectivity index (χ0n) is 11.9. The van der Waals surface area contributed by atoms with Crippen molar-refractivity contribution in [2.75, 3.05) is 13.6 Å². The van der Waals surface area contributed by atoms with E-state index < -0.39 is 0 Å². The molecule has 2 rings (SSSR count). The van der Waals surface area contributed by atoms with Crippen LogP contribution >= 0.6 is 15.9 Å². The third-order valence-electron chi connectivity index (χ3n) is 3.07. The fourth-order valence-corrected chi connectivity index (χ4v) is 2.32. The number of hydrogen-bond donors (Lipinski definition) is 1. The molecule has 0 fully saturated rings. The van der Waals surface area contributed by atoms with Crippen molar-refractivity contribution >= 4 is 21.8 Å². The molecular formula is C14H18BrN5O. The van der Waals surface area contributed by atoms with Crippen LogP contribution in [-0.2, 0) is 24.3 Å². The van der Waals surface area contributed by atoms with Crippen molar-refractivity contribution in [3.05, 3.63) is 46.2 Å². The first-order chi connectivity index (χ1) is 10.1. The smallest absolute Gasteiger partial charge is 0.244 e. The first-order valence-electron chi connectivity index (χ1n) is 6.66. The van der Waals surface area contributed by atoms with Gasteiger partial charge in [0, 0.05) is 30.7 Å². The van der Waals surface area contributed by atoms with Crippen molar-refractivity contribution in [3.63, 3.8) is 0 Å². The van der Waals surface area contributed by atoms with Gasteiger partial charge < -0.3 is 10.6 Å². The lowest BCUT2D eigenvalue weighted by Crippen LogP contribution is -2.30. The fraction of sp³-hybridized carbons (Fsp3) is 0.357. The van der Waals surface area contributed by atoms with E-state index in [4.69, 9.17) is 5.73 Å². The third kappa shape index (κ3) is 4.37. The van der Waals surface area contributed by atoms with Crippen molar-refractivity contribution in [2.45, 2.75) is 19.5 Å². The maximum atomic E-state index is 12.2. The Bertz CT molecular complexity index is 613. The van der Waals surface area contributed by atoms with Crippen LogP contribution in [0.1, 0.15) is 11.3 Å². The van der Waals surface area contributed by atoms with Gasteiger partial charge in [0.05, 0.1) is 5.69 Å². The lowest BCUT2D eigenvalue weighted by Gasteiger charge is -2.17. The van der Waals surface area contributed by atoms with E-state index in [0.717, 1.165) is 15.7 Å². The molecule has 0 unspecified atom stereocenters. The SMILES string of the molecule is CN(Cc1ccccc1Br)C(=O)Cn1cc(CCN)nn1. The highest BCUT2D eigenvalue weighted by molar-refractivity contribution is 9.10. The van der Waals surface area contributed by atoms with Crippen LogP contribution in [0.3, 0.4) is 0 Å². The van der Waals surface area contributed by atoms with Gasteiger partial charge >= 0.3 is 0 Å². The van der Waals surface area contributed by atoms with Crippen LogP contribution in [-0.4, -0.2) is 39.4 Å². The number of nitrogens with two attached hydrogens (primary N) is 1. The number of amides is 1. The van der Waals surface area contributed by atoms with Crippen molar-refractivity contribution in [1.29, 1.82) is 0 Å². The number of aromatic nitrogens is 3. The van der Waals surface area contributed by atoms with Crippen LogP contribution in [0.25, 0.3) is 0 Å². The highest BCUT2D eigenvalue weighted by Crippen LogP contribution is 2.17. The number of hydrogen-bond acceptors (Lipinski definition) is 4. The molecule has 21 heavy (non-hydrogen) atoms. The highest BCUT2D eigenvalue weighted by Gasteiger charge is 2.12. The summed E-state index contributed by atoms with van der Waals surface area (Å²) in [5, 5.41) is 7.91. The van der Waals surface area contributed by atoms with E-state index in [1.165, 1.54) is 0 Å². The normalized spacial score (nSPS) is 10.6. The predicted octanol–water partition coefficient (Wildman–Crippen LogP) is 1.20. The average molecular weight is 352 g/mol. The lowest BCUT2D eigenvalue weighted by atomic mass is 10.2. The van der Waals surface area contributed by atoms with Crippen LogP contribution in [0.4, 0.5) is 0 Å². The third-order valence-corrected chi connectivity index (χ3v) is 3.85. The molecule has 2 aromatic rings. The van der Waals surface area contributed by atoms with Gasteiger partial charge in [0.2, 0.25) is 5.91 Å². The summed E-state index contributed by atoms with van der Waals surface area (Å²) in [6.07, 6.45) is 2.43. The molecule has 2 N–H and O–H groups in total. The molecule has 0 aliphatic rings. The van der Waals surface area contributed by atoms with Crippen molar-refractivity contribution < 1.29 is 4.79 Å². The summed E-state index contributed by atoms with van der Waals surface area (Å²) in [5.41, 5.74) is 7.33. The number of halogens is 1. The second kappa shape index (κ2) is 7.33. The molecule has 0 radical (unpaired) electrons. The van der Waals surface area contributed by atoms with Gasteiger partial charge in [0.25, 0.3) is 0 Å². The zero-order valence-corrected chi connectivity index (χ0v) is 13.5. The molecule has 6 nitrogen and oxygen atoms in total. The van der Waals surface area contributed by atoms with Gasteiger partial charge in [-0.05, 0) is 18.2 Å². The Kier molecular flexibility index (Phi) is 5.46. The minimum Gasteiger partial charge on any atom is -0.340 e. The summed E-state index contributed by atoms with van der Waals surface area (Å²) in [5.74, 6) is -0.0186. The summed E-state index contributed by atoms with van der Waals surface area (Å²) in [4.78, 5) is 13.9. The standard InChI is InChI=1S/C14H18BrN5O/c1-19(8-11-4-2-3-5-13(11)15)14(21)10-20-9-12(6-7-16)17-18-20/h2-5,9H,6-8,10,16H2,1H3. The van der Waals surface area contributed by atoms with Crippen molar-refractivity contribution in [1.82, 2.24) is 19.9 Å². The maximum absolute atomic E-state index is 12.2. The molecule has 0 atom stereocenters. The highest BCUT2D eigenvalue weighted by atomic mass is 79.9. The van der Waals surface area contributed by atoms with E-state index >= 15 is 0 Å². The van der Waals surface area contributed by atoms with Crippen LogP contribution < -0.4 is 5.73 Å². The van der Waals surface area contributed by atoms with Crippen molar-refractivity contribution in [2.24, 2.45) is 5.73 Å². The number of rotatable bonds is 6. The number of carbonyl (C=O) groups is 1. The molecule has 0 aliphatic carbocycles. The number of benzene rings is 1. The Hall–Kier alpha value is -1.73. The van der Waals surface area contributed by atoms with Gasteiger partial charge in [-0.15, -0.1) is 5.10 Å². The van der Waals surface area contributed by atoms with Crippen molar-refractivity contribution in [3.8, 4) is 0 Å². The molecule has 0 bridgehead atoms. The van der Waals surface area contributed by atoms with E-state index in [-0.39, 0.29) is 12.5 Å². The summed E-state index contributed by atoms with van der Waals surface area (Å²) >= 11 is 3.48. The Morgan fingerprint density at radius 2 is 2.19 bits per heavy atom.